The number of rotatable bonds is 13. The van der Waals surface area contributed by atoms with Crippen LogP contribution in [0.1, 0.15) is 112 Å². The largest absolute Gasteiger partial charge is 0.497 e. The predicted octanol–water partition coefficient (Wildman–Crippen LogP) is 7.60. The molecule has 0 saturated carbocycles. The molecule has 3 saturated heterocycles. The Labute approximate surface area is 407 Å². The van der Waals surface area contributed by atoms with E-state index in [1.807, 2.05) is 17.0 Å². The molecule has 70 heavy (non-hydrogen) atoms. The Balaban J connectivity index is 0.775. The summed E-state index contributed by atoms with van der Waals surface area (Å²) >= 11 is 0. The summed E-state index contributed by atoms with van der Waals surface area (Å²) in [6, 6.07) is 19.3. The highest BCUT2D eigenvalue weighted by molar-refractivity contribution is 6.09. The van der Waals surface area contributed by atoms with Gasteiger partial charge >= 0.3 is 11.9 Å². The van der Waals surface area contributed by atoms with E-state index in [0.717, 1.165) is 79.9 Å². The summed E-state index contributed by atoms with van der Waals surface area (Å²) in [7, 11) is 1.64. The number of likely N-dealkylation sites (tertiary alicyclic amines) is 1. The van der Waals surface area contributed by atoms with Crippen molar-refractivity contribution in [1.29, 1.82) is 0 Å². The Morgan fingerprint density at radius 2 is 1.67 bits per heavy atom. The minimum absolute atomic E-state index is 0.116. The number of carbonyl (C=O) groups excluding carboxylic acids is 3. The molecular formula is C54H66F3N7O6. The quantitative estimate of drug-likeness (QED) is 0.130. The van der Waals surface area contributed by atoms with Crippen LogP contribution in [0.25, 0.3) is 16.6 Å². The van der Waals surface area contributed by atoms with Crippen LogP contribution in [0.3, 0.4) is 0 Å². The normalized spacial score (nSPS) is 24.6. The highest BCUT2D eigenvalue weighted by atomic mass is 19.4. The van der Waals surface area contributed by atoms with Crippen molar-refractivity contribution in [2.24, 2.45) is 11.3 Å². The van der Waals surface area contributed by atoms with Gasteiger partial charge in [0.2, 0.25) is 11.8 Å². The first-order valence-corrected chi connectivity index (χ1v) is 25.0. The molecule has 1 spiro atoms. The number of methoxy groups -OCH3 is 1. The Kier molecular flexibility index (Phi) is 12.4. The molecule has 1 unspecified atom stereocenters. The first kappa shape index (κ1) is 48.2. The van der Waals surface area contributed by atoms with Gasteiger partial charge < -0.3 is 19.7 Å². The monoisotopic (exact) mass is 966 g/mol. The van der Waals surface area contributed by atoms with Crippen molar-refractivity contribution in [3.8, 4) is 5.75 Å². The van der Waals surface area contributed by atoms with Gasteiger partial charge in [-0.1, -0.05) is 42.5 Å². The lowest BCUT2D eigenvalue weighted by Crippen LogP contribution is -2.73. The second-order valence-corrected chi connectivity index (χ2v) is 22.4. The molecule has 3 atom stereocenters. The molecule has 3 fully saturated rings. The number of nitrogens with zero attached hydrogens (tertiary/aromatic N) is 5. The van der Waals surface area contributed by atoms with Gasteiger partial charge in [0.15, 0.2) is 0 Å². The Morgan fingerprint density at radius 1 is 0.914 bits per heavy atom. The number of nitrogens with one attached hydrogen (secondary N) is 2. The van der Waals surface area contributed by atoms with Crippen LogP contribution in [0, 0.1) is 11.3 Å². The Morgan fingerprint density at radius 3 is 2.34 bits per heavy atom. The maximum absolute atomic E-state index is 14.4. The number of ether oxygens (including phenoxy) is 2. The highest BCUT2D eigenvalue weighted by Crippen LogP contribution is 2.46. The summed E-state index contributed by atoms with van der Waals surface area (Å²) in [5.41, 5.74) is 3.83. The number of imide groups is 1. The maximum atomic E-state index is 14.4. The van der Waals surface area contributed by atoms with Gasteiger partial charge in [-0.3, -0.25) is 38.6 Å². The number of anilines is 1. The average Bonchev–Trinajstić information content (AvgIpc) is 3.51. The first-order chi connectivity index (χ1) is 33.2. The van der Waals surface area contributed by atoms with Crippen LogP contribution < -0.4 is 26.0 Å². The molecule has 3 amide bonds. The number of allylic oxidation sites excluding steroid dienone is 2. The Hall–Kier alpha value is -5.45. The highest BCUT2D eigenvalue weighted by Gasteiger charge is 2.51. The lowest BCUT2D eigenvalue weighted by Gasteiger charge is -2.52. The van der Waals surface area contributed by atoms with Crippen molar-refractivity contribution in [3.05, 3.63) is 99.5 Å². The third kappa shape index (κ3) is 9.08. The molecule has 3 aromatic carbocycles. The zero-order valence-electron chi connectivity index (χ0n) is 41.1. The van der Waals surface area contributed by atoms with Crippen molar-refractivity contribution in [2.45, 2.75) is 121 Å². The fourth-order valence-corrected chi connectivity index (χ4v) is 12.6. The summed E-state index contributed by atoms with van der Waals surface area (Å²) in [5.74, 6) is 0.240. The first-order valence-electron chi connectivity index (χ1n) is 25.0. The topological polar surface area (TPSA) is 130 Å². The van der Waals surface area contributed by atoms with Crippen molar-refractivity contribution in [2.75, 3.05) is 64.4 Å². The summed E-state index contributed by atoms with van der Waals surface area (Å²) in [4.78, 5) is 59.2. The smallest absolute Gasteiger partial charge is 0.395 e. The fraction of sp³-hybridized carbons (Fsp3) is 0.556. The standard InChI is InChI=1S/C54H66F3N7O6/c1-50(2,54(55,56)57)31-60(24-22-52(23-27-70-51(3,4)30-52)39-14-16-40(69-5)17-15-39)28-35-6-10-37(11-7-35)38-12-8-36(9-13-38)29-61-32-53(33-61)34-62-25-26-63-46-42(19-18-41(45(46)62)47(66)59-53)64(49(63)68)43-20-21-44(65)58-48(43)67/h6-7,10-12,14-19,36,43H,8-9,13,20-34H2,1-5H3,(H,59,66)(H,58,65,67)/t36-,43?,52+/m0/s1. The van der Waals surface area contributed by atoms with Gasteiger partial charge in [0.25, 0.3) is 5.91 Å². The molecule has 13 nitrogen and oxygen atoms in total. The molecule has 6 aliphatic rings. The molecule has 4 aromatic rings. The molecule has 0 bridgehead atoms. The van der Waals surface area contributed by atoms with Crippen LogP contribution in [-0.2, 0) is 32.8 Å². The number of carbonyl (C=O) groups is 3. The van der Waals surface area contributed by atoms with Gasteiger partial charge in [-0.05, 0) is 132 Å². The van der Waals surface area contributed by atoms with Crippen molar-refractivity contribution >= 4 is 40.0 Å². The van der Waals surface area contributed by atoms with E-state index in [9.17, 15) is 32.3 Å². The van der Waals surface area contributed by atoms with Crippen LogP contribution in [0.4, 0.5) is 18.9 Å². The van der Waals surface area contributed by atoms with Crippen LogP contribution in [0.5, 0.6) is 5.75 Å². The van der Waals surface area contributed by atoms with Crippen LogP contribution in [0.15, 0.2) is 71.5 Å². The van der Waals surface area contributed by atoms with E-state index in [2.05, 4.69) is 76.8 Å². The number of benzene rings is 3. The molecular weight excluding hydrogens is 900 g/mol. The zero-order chi connectivity index (χ0) is 49.4. The lowest BCUT2D eigenvalue weighted by atomic mass is 9.67. The molecule has 1 aliphatic carbocycles. The number of hydrogen-bond acceptors (Lipinski definition) is 9. The number of imidazole rings is 1. The minimum Gasteiger partial charge on any atom is -0.497 e. The molecule has 2 N–H and O–H groups in total. The van der Waals surface area contributed by atoms with E-state index in [1.165, 1.54) is 24.0 Å². The summed E-state index contributed by atoms with van der Waals surface area (Å²) in [6.45, 7) is 12.1. The van der Waals surface area contributed by atoms with E-state index in [-0.39, 0.29) is 47.9 Å². The second-order valence-electron chi connectivity index (χ2n) is 22.4. The predicted molar refractivity (Wildman–Crippen MR) is 262 cm³/mol. The molecule has 1 aromatic heterocycles. The number of hydrogen-bond donors (Lipinski definition) is 2. The van der Waals surface area contributed by atoms with Gasteiger partial charge in [0.05, 0.1) is 45.9 Å². The van der Waals surface area contributed by atoms with Crippen molar-refractivity contribution < 1.29 is 37.0 Å². The van der Waals surface area contributed by atoms with E-state index >= 15 is 0 Å². The Bertz CT molecular complexity index is 2770. The molecule has 6 heterocycles. The third-order valence-electron chi connectivity index (χ3n) is 16.3. The molecule has 374 valence electrons. The fourth-order valence-electron chi connectivity index (χ4n) is 12.6. The van der Waals surface area contributed by atoms with E-state index in [1.54, 1.807) is 23.8 Å². The van der Waals surface area contributed by atoms with Crippen LogP contribution in [-0.4, -0.2) is 114 Å². The number of aromatic nitrogens is 2. The van der Waals surface area contributed by atoms with E-state index < -0.39 is 29.1 Å². The molecule has 5 aliphatic heterocycles. The van der Waals surface area contributed by atoms with Gasteiger partial charge in [0.1, 0.15) is 11.8 Å². The number of halogens is 3. The molecule has 0 radical (unpaired) electrons. The number of piperidine rings is 1. The third-order valence-corrected chi connectivity index (χ3v) is 16.3. The lowest BCUT2D eigenvalue weighted by molar-refractivity contribution is -0.217. The van der Waals surface area contributed by atoms with E-state index in [0.29, 0.717) is 68.3 Å². The summed E-state index contributed by atoms with van der Waals surface area (Å²) < 4.78 is 58.0. The number of alkyl halides is 3. The minimum atomic E-state index is -4.35. The molecule has 10 rings (SSSR count). The van der Waals surface area contributed by atoms with Crippen molar-refractivity contribution in [3.63, 3.8) is 0 Å². The SMILES string of the molecule is COc1ccc([C@]2(CCN(Cc3ccc(C4=CC[C@H](CN5CC6(C5)CN5CCn7c(=O)n(C8CCC(=O)NC8=O)c8ccc(c5c87)C(=O)N6)CC4)cc3)CC(C)(C)C(F)(F)F)CCOC(C)(C)C2)cc1. The maximum Gasteiger partial charge on any atom is 0.395 e. The van der Waals surface area contributed by atoms with E-state index in [4.69, 9.17) is 9.47 Å². The van der Waals surface area contributed by atoms with Crippen molar-refractivity contribution in [1.82, 2.24) is 29.6 Å². The molecule has 16 heteroatoms. The summed E-state index contributed by atoms with van der Waals surface area (Å²) in [6.07, 6.45) is 3.54. The second kappa shape index (κ2) is 18.0. The average molecular weight is 966 g/mol. The summed E-state index contributed by atoms with van der Waals surface area (Å²) in [5, 5.41) is 5.75. The van der Waals surface area contributed by atoms with Crippen LogP contribution in [0.2, 0.25) is 0 Å². The zero-order valence-corrected chi connectivity index (χ0v) is 41.1. The van der Waals surface area contributed by atoms with Gasteiger partial charge in [-0.15, -0.1) is 0 Å². The number of amides is 3. The van der Waals surface area contributed by atoms with Crippen LogP contribution >= 0.6 is 0 Å². The van der Waals surface area contributed by atoms with Gasteiger partial charge in [0, 0.05) is 70.8 Å². The van der Waals surface area contributed by atoms with Gasteiger partial charge in [-0.2, -0.15) is 13.2 Å². The van der Waals surface area contributed by atoms with Gasteiger partial charge in [-0.25, -0.2) is 4.79 Å².